The van der Waals surface area contributed by atoms with E-state index in [9.17, 15) is 9.50 Å². The van der Waals surface area contributed by atoms with Gasteiger partial charge in [-0.15, -0.1) is 0 Å². The van der Waals surface area contributed by atoms with Gasteiger partial charge in [-0.05, 0) is 31.4 Å². The number of rotatable bonds is 2. The van der Waals surface area contributed by atoms with Gasteiger partial charge >= 0.3 is 0 Å². The van der Waals surface area contributed by atoms with Gasteiger partial charge in [0.1, 0.15) is 12.1 Å². The normalized spacial score (nSPS) is 26.6. The molecule has 5 nitrogen and oxygen atoms in total. The van der Waals surface area contributed by atoms with Gasteiger partial charge in [-0.25, -0.2) is 14.1 Å². The molecular formula is C14H17FN4O. The summed E-state index contributed by atoms with van der Waals surface area (Å²) in [6.45, 7) is 0. The molecule has 6 heteroatoms. The molecule has 0 spiro atoms. The number of halogens is 1. The Bertz CT molecular complexity index is 600. The molecule has 0 amide bonds. The Balaban J connectivity index is 1.86. The van der Waals surface area contributed by atoms with Gasteiger partial charge in [0.15, 0.2) is 5.82 Å². The van der Waals surface area contributed by atoms with E-state index in [1.165, 1.54) is 12.1 Å². The fourth-order valence-corrected chi connectivity index (χ4v) is 2.67. The van der Waals surface area contributed by atoms with Crippen molar-refractivity contribution >= 4 is 0 Å². The van der Waals surface area contributed by atoms with E-state index in [0.717, 1.165) is 19.3 Å². The number of aromatic nitrogens is 3. The summed E-state index contributed by atoms with van der Waals surface area (Å²) < 4.78 is 14.9. The zero-order valence-corrected chi connectivity index (χ0v) is 11.0. The van der Waals surface area contributed by atoms with Crippen LogP contribution in [-0.2, 0) is 0 Å². The van der Waals surface area contributed by atoms with E-state index in [-0.39, 0.29) is 17.9 Å². The number of hydrogen-bond donors (Lipinski definition) is 2. The fraction of sp³-hybridized carbons (Fsp3) is 0.429. The van der Waals surface area contributed by atoms with Crippen molar-refractivity contribution < 1.29 is 9.50 Å². The smallest absolute Gasteiger partial charge is 0.181 e. The molecule has 0 saturated heterocycles. The largest absolute Gasteiger partial charge is 0.389 e. The summed E-state index contributed by atoms with van der Waals surface area (Å²) in [5.41, 5.74) is 6.51. The molecule has 106 valence electrons. The van der Waals surface area contributed by atoms with Gasteiger partial charge < -0.3 is 10.8 Å². The zero-order valence-electron chi connectivity index (χ0n) is 11.0. The van der Waals surface area contributed by atoms with Gasteiger partial charge in [0, 0.05) is 11.6 Å². The van der Waals surface area contributed by atoms with Crippen LogP contribution in [0, 0.1) is 5.82 Å². The predicted molar refractivity (Wildman–Crippen MR) is 72.3 cm³/mol. The molecule has 0 bridgehead atoms. The average Bonchev–Trinajstić information content (AvgIpc) is 2.91. The quantitative estimate of drug-likeness (QED) is 0.871. The summed E-state index contributed by atoms with van der Waals surface area (Å²) in [5, 5.41) is 14.5. The summed E-state index contributed by atoms with van der Waals surface area (Å²) in [7, 11) is 0. The third-order valence-corrected chi connectivity index (χ3v) is 3.80. The van der Waals surface area contributed by atoms with Crippen molar-refractivity contribution in [1.82, 2.24) is 14.8 Å². The Morgan fingerprint density at radius 2 is 2.20 bits per heavy atom. The van der Waals surface area contributed by atoms with Crippen molar-refractivity contribution in [3.05, 3.63) is 36.4 Å². The van der Waals surface area contributed by atoms with E-state index in [0.29, 0.717) is 11.4 Å². The summed E-state index contributed by atoms with van der Waals surface area (Å²) in [6, 6.07) is 5.76. The zero-order chi connectivity index (χ0) is 14.1. The first-order valence-corrected chi connectivity index (χ1v) is 6.76. The third-order valence-electron chi connectivity index (χ3n) is 3.80. The van der Waals surface area contributed by atoms with Gasteiger partial charge in [0.25, 0.3) is 0 Å². The van der Waals surface area contributed by atoms with E-state index >= 15 is 0 Å². The standard InChI is InChI=1S/C14H17FN4O/c15-10-4-1-3-9(7-10)14-17-8-19(18-14)12-6-2-5-11(16)13(12)20/h1,3-4,7-8,11-13,20H,2,5-6,16H2/t11-,12+,13+/m1/s1. The molecule has 1 aromatic heterocycles. The predicted octanol–water partition coefficient (Wildman–Crippen LogP) is 1.50. The van der Waals surface area contributed by atoms with Crippen LogP contribution < -0.4 is 5.73 Å². The highest BCUT2D eigenvalue weighted by Gasteiger charge is 2.31. The van der Waals surface area contributed by atoms with Crippen molar-refractivity contribution in [3.63, 3.8) is 0 Å². The van der Waals surface area contributed by atoms with E-state index < -0.39 is 6.10 Å². The van der Waals surface area contributed by atoms with Gasteiger partial charge in [-0.1, -0.05) is 12.1 Å². The maximum Gasteiger partial charge on any atom is 0.181 e. The van der Waals surface area contributed by atoms with Gasteiger partial charge in [0.05, 0.1) is 12.1 Å². The maximum absolute atomic E-state index is 13.2. The van der Waals surface area contributed by atoms with Crippen LogP contribution in [0.2, 0.25) is 0 Å². The Morgan fingerprint density at radius 3 is 3.00 bits per heavy atom. The lowest BCUT2D eigenvalue weighted by molar-refractivity contribution is 0.0514. The van der Waals surface area contributed by atoms with Crippen molar-refractivity contribution in [1.29, 1.82) is 0 Å². The third kappa shape index (κ3) is 2.44. The molecule has 2 aromatic rings. The van der Waals surface area contributed by atoms with Crippen LogP contribution in [0.4, 0.5) is 4.39 Å². The molecule has 3 atom stereocenters. The molecular weight excluding hydrogens is 259 g/mol. The fourth-order valence-electron chi connectivity index (χ4n) is 2.67. The SMILES string of the molecule is N[C@@H]1CCC[C@H](n2cnc(-c3cccc(F)c3)n2)[C@H]1O. The molecule has 3 rings (SSSR count). The van der Waals surface area contributed by atoms with E-state index in [4.69, 9.17) is 5.73 Å². The molecule has 3 N–H and O–H groups in total. The van der Waals surface area contributed by atoms with E-state index in [1.54, 1.807) is 23.1 Å². The van der Waals surface area contributed by atoms with Crippen LogP contribution in [0.1, 0.15) is 25.3 Å². The molecule has 1 aliphatic rings. The van der Waals surface area contributed by atoms with Crippen LogP contribution in [0.5, 0.6) is 0 Å². The highest BCUT2D eigenvalue weighted by atomic mass is 19.1. The Hall–Kier alpha value is -1.79. The number of nitrogens with zero attached hydrogens (tertiary/aromatic N) is 3. The number of aliphatic hydroxyl groups is 1. The first-order chi connectivity index (χ1) is 9.65. The Labute approximate surface area is 116 Å². The van der Waals surface area contributed by atoms with Crippen molar-refractivity contribution in [2.24, 2.45) is 5.73 Å². The second-order valence-corrected chi connectivity index (χ2v) is 5.21. The molecule has 0 radical (unpaired) electrons. The molecule has 1 aliphatic carbocycles. The molecule has 1 heterocycles. The first-order valence-electron chi connectivity index (χ1n) is 6.76. The summed E-state index contributed by atoms with van der Waals surface area (Å²) >= 11 is 0. The van der Waals surface area contributed by atoms with Crippen LogP contribution in [0.3, 0.4) is 0 Å². The lowest BCUT2D eigenvalue weighted by Gasteiger charge is -2.32. The topological polar surface area (TPSA) is 77.0 Å². The summed E-state index contributed by atoms with van der Waals surface area (Å²) in [4.78, 5) is 4.20. The summed E-state index contributed by atoms with van der Waals surface area (Å²) in [6.07, 6.45) is 3.56. The van der Waals surface area contributed by atoms with Crippen LogP contribution >= 0.6 is 0 Å². The molecule has 0 unspecified atom stereocenters. The van der Waals surface area contributed by atoms with Crippen LogP contribution in [-0.4, -0.2) is 32.0 Å². The highest BCUT2D eigenvalue weighted by molar-refractivity contribution is 5.53. The molecule has 1 saturated carbocycles. The Kier molecular flexibility index (Phi) is 3.50. The molecule has 1 aromatic carbocycles. The second-order valence-electron chi connectivity index (χ2n) is 5.21. The molecule has 1 fully saturated rings. The maximum atomic E-state index is 13.2. The van der Waals surface area contributed by atoms with Crippen molar-refractivity contribution in [3.8, 4) is 11.4 Å². The van der Waals surface area contributed by atoms with E-state index in [2.05, 4.69) is 10.1 Å². The highest BCUT2D eigenvalue weighted by Crippen LogP contribution is 2.28. The lowest BCUT2D eigenvalue weighted by atomic mass is 9.89. The van der Waals surface area contributed by atoms with Gasteiger partial charge in [-0.2, -0.15) is 5.10 Å². The number of aliphatic hydroxyl groups excluding tert-OH is 1. The van der Waals surface area contributed by atoms with Gasteiger partial charge in [0.2, 0.25) is 0 Å². The lowest BCUT2D eigenvalue weighted by Crippen LogP contribution is -2.44. The Morgan fingerprint density at radius 1 is 1.35 bits per heavy atom. The molecule has 20 heavy (non-hydrogen) atoms. The minimum Gasteiger partial charge on any atom is -0.389 e. The minimum atomic E-state index is -0.620. The van der Waals surface area contributed by atoms with Crippen molar-refractivity contribution in [2.45, 2.75) is 37.5 Å². The van der Waals surface area contributed by atoms with Gasteiger partial charge in [-0.3, -0.25) is 0 Å². The number of nitrogens with two attached hydrogens (primary N) is 1. The molecule has 0 aliphatic heterocycles. The van der Waals surface area contributed by atoms with E-state index in [1.807, 2.05) is 0 Å². The average molecular weight is 276 g/mol. The van der Waals surface area contributed by atoms with Crippen LogP contribution in [0.15, 0.2) is 30.6 Å². The minimum absolute atomic E-state index is 0.159. The monoisotopic (exact) mass is 276 g/mol. The summed E-state index contributed by atoms with van der Waals surface area (Å²) in [5.74, 6) is 0.134. The van der Waals surface area contributed by atoms with Crippen LogP contribution in [0.25, 0.3) is 11.4 Å². The second kappa shape index (κ2) is 5.30. The first kappa shape index (κ1) is 13.2. The number of benzene rings is 1. The van der Waals surface area contributed by atoms with Crippen molar-refractivity contribution in [2.75, 3.05) is 0 Å². The number of hydrogen-bond acceptors (Lipinski definition) is 4.